The smallest absolute Gasteiger partial charge is 0.0622 e. The van der Waals surface area contributed by atoms with E-state index in [1.807, 2.05) is 0 Å². The number of unbranched alkanes of at least 4 members (excludes halogenated alkanes) is 2. The zero-order chi connectivity index (χ0) is 8.53. The Bertz CT molecular complexity index is 115. The van der Waals surface area contributed by atoms with E-state index in [4.69, 9.17) is 5.26 Å². The average molecular weight is 154 g/mol. The van der Waals surface area contributed by atoms with Crippen LogP contribution < -0.4 is 0 Å². The normalized spacial score (nSPS) is 10.0. The molecular formula is C9H18N2. The van der Waals surface area contributed by atoms with Crippen LogP contribution in [-0.4, -0.2) is 25.0 Å². The van der Waals surface area contributed by atoms with Crippen molar-refractivity contribution in [2.24, 2.45) is 0 Å². The number of hydrogen-bond donors (Lipinski definition) is 0. The molecule has 11 heavy (non-hydrogen) atoms. The molecule has 0 aliphatic rings. The summed E-state index contributed by atoms with van der Waals surface area (Å²) in [4.78, 5) is 2.29. The molecule has 0 saturated heterocycles. The van der Waals surface area contributed by atoms with Gasteiger partial charge < -0.3 is 4.90 Å². The summed E-state index contributed by atoms with van der Waals surface area (Å²) in [5.41, 5.74) is 0. The van der Waals surface area contributed by atoms with E-state index in [1.165, 1.54) is 19.4 Å². The summed E-state index contributed by atoms with van der Waals surface area (Å²) in [7, 11) is 2.12. The minimum atomic E-state index is 0.691. The predicted octanol–water partition coefficient (Wildman–Crippen LogP) is 2.02. The molecule has 0 unspecified atom stereocenters. The number of hydrogen-bond acceptors (Lipinski definition) is 2. The number of rotatable bonds is 6. The Morgan fingerprint density at radius 1 is 1.27 bits per heavy atom. The van der Waals surface area contributed by atoms with Gasteiger partial charge in [-0.1, -0.05) is 13.3 Å². The second-order valence-electron chi connectivity index (χ2n) is 2.92. The van der Waals surface area contributed by atoms with E-state index in [2.05, 4.69) is 24.9 Å². The fourth-order valence-corrected chi connectivity index (χ4v) is 0.968. The minimum Gasteiger partial charge on any atom is -0.306 e. The summed E-state index contributed by atoms with van der Waals surface area (Å²) in [5.74, 6) is 0. The van der Waals surface area contributed by atoms with Gasteiger partial charge in [-0.05, 0) is 33.0 Å². The van der Waals surface area contributed by atoms with Crippen LogP contribution in [0.15, 0.2) is 0 Å². The van der Waals surface area contributed by atoms with Crippen LogP contribution in [0, 0.1) is 11.3 Å². The van der Waals surface area contributed by atoms with Crippen LogP contribution >= 0.6 is 0 Å². The van der Waals surface area contributed by atoms with Gasteiger partial charge in [0.2, 0.25) is 0 Å². The van der Waals surface area contributed by atoms with Crippen molar-refractivity contribution >= 4 is 0 Å². The Balaban J connectivity index is 3.10. The maximum Gasteiger partial charge on any atom is 0.0622 e. The average Bonchev–Trinajstić information content (AvgIpc) is 2.01. The van der Waals surface area contributed by atoms with Gasteiger partial charge in [0.05, 0.1) is 6.07 Å². The van der Waals surface area contributed by atoms with Crippen LogP contribution in [0.25, 0.3) is 0 Å². The van der Waals surface area contributed by atoms with Gasteiger partial charge in [0.1, 0.15) is 0 Å². The molecule has 2 heteroatoms. The van der Waals surface area contributed by atoms with E-state index in [-0.39, 0.29) is 0 Å². The summed E-state index contributed by atoms with van der Waals surface area (Å²) in [6, 6.07) is 2.15. The first kappa shape index (κ1) is 10.4. The van der Waals surface area contributed by atoms with Crippen LogP contribution in [0.2, 0.25) is 0 Å². The molecule has 0 spiro atoms. The third kappa shape index (κ3) is 7.35. The first-order valence-electron chi connectivity index (χ1n) is 4.36. The molecule has 0 N–H and O–H groups in total. The Morgan fingerprint density at radius 3 is 2.45 bits per heavy atom. The first-order chi connectivity index (χ1) is 5.31. The quantitative estimate of drug-likeness (QED) is 0.547. The lowest BCUT2D eigenvalue weighted by molar-refractivity contribution is 0.325. The Hall–Kier alpha value is -0.550. The largest absolute Gasteiger partial charge is 0.306 e. The maximum atomic E-state index is 8.29. The fourth-order valence-electron chi connectivity index (χ4n) is 0.968. The zero-order valence-corrected chi connectivity index (χ0v) is 7.64. The zero-order valence-electron chi connectivity index (χ0n) is 7.64. The van der Waals surface area contributed by atoms with Gasteiger partial charge in [-0.3, -0.25) is 0 Å². The van der Waals surface area contributed by atoms with Gasteiger partial charge in [0.15, 0.2) is 0 Å². The lowest BCUT2D eigenvalue weighted by Crippen LogP contribution is -2.20. The molecule has 0 aromatic heterocycles. The molecule has 0 saturated carbocycles. The molecule has 0 aliphatic heterocycles. The molecule has 0 aromatic rings. The molecule has 0 amide bonds. The standard InChI is InChI=1S/C9H18N2/c1-3-4-8-11(2)9-6-5-7-10/h3-6,8-9H2,1-2H3. The molecular weight excluding hydrogens is 136 g/mol. The number of nitrogens with zero attached hydrogens (tertiary/aromatic N) is 2. The highest BCUT2D eigenvalue weighted by Crippen LogP contribution is 1.94. The van der Waals surface area contributed by atoms with Crippen LogP contribution in [0.1, 0.15) is 32.6 Å². The van der Waals surface area contributed by atoms with Crippen molar-refractivity contribution in [2.45, 2.75) is 32.6 Å². The van der Waals surface area contributed by atoms with Crippen LogP contribution in [0.4, 0.5) is 0 Å². The highest BCUT2D eigenvalue weighted by Gasteiger charge is 1.95. The van der Waals surface area contributed by atoms with Gasteiger partial charge in [0, 0.05) is 6.42 Å². The van der Waals surface area contributed by atoms with Crippen molar-refractivity contribution in [3.05, 3.63) is 0 Å². The molecule has 0 aliphatic carbocycles. The van der Waals surface area contributed by atoms with E-state index < -0.39 is 0 Å². The lowest BCUT2D eigenvalue weighted by atomic mass is 10.3. The third-order valence-electron chi connectivity index (χ3n) is 1.72. The summed E-state index contributed by atoms with van der Waals surface area (Å²) < 4.78 is 0. The first-order valence-corrected chi connectivity index (χ1v) is 4.36. The summed E-state index contributed by atoms with van der Waals surface area (Å²) >= 11 is 0. The monoisotopic (exact) mass is 154 g/mol. The van der Waals surface area contributed by atoms with Crippen LogP contribution in [-0.2, 0) is 0 Å². The summed E-state index contributed by atoms with van der Waals surface area (Å²) in [6.07, 6.45) is 4.22. The molecule has 0 radical (unpaired) electrons. The molecule has 0 heterocycles. The van der Waals surface area contributed by atoms with E-state index in [9.17, 15) is 0 Å². The van der Waals surface area contributed by atoms with E-state index in [1.54, 1.807) is 0 Å². The van der Waals surface area contributed by atoms with Crippen molar-refractivity contribution in [2.75, 3.05) is 20.1 Å². The molecule has 0 atom stereocenters. The van der Waals surface area contributed by atoms with Crippen molar-refractivity contribution in [1.29, 1.82) is 5.26 Å². The highest BCUT2D eigenvalue weighted by molar-refractivity contribution is 4.69. The molecule has 0 bridgehead atoms. The van der Waals surface area contributed by atoms with Gasteiger partial charge >= 0.3 is 0 Å². The summed E-state index contributed by atoms with van der Waals surface area (Å²) in [6.45, 7) is 4.43. The second kappa shape index (κ2) is 7.56. The SMILES string of the molecule is CCCCN(C)CCCC#N. The van der Waals surface area contributed by atoms with E-state index in [0.717, 1.165) is 13.0 Å². The molecule has 0 aromatic carbocycles. The van der Waals surface area contributed by atoms with Gasteiger partial charge in [-0.25, -0.2) is 0 Å². The van der Waals surface area contributed by atoms with E-state index >= 15 is 0 Å². The molecule has 2 nitrogen and oxygen atoms in total. The van der Waals surface area contributed by atoms with Crippen LogP contribution in [0.3, 0.4) is 0 Å². The van der Waals surface area contributed by atoms with Crippen LogP contribution in [0.5, 0.6) is 0 Å². The predicted molar refractivity (Wildman–Crippen MR) is 47.3 cm³/mol. The molecule has 0 fully saturated rings. The third-order valence-corrected chi connectivity index (χ3v) is 1.72. The van der Waals surface area contributed by atoms with Crippen molar-refractivity contribution in [3.8, 4) is 6.07 Å². The molecule has 0 rings (SSSR count). The summed E-state index contributed by atoms with van der Waals surface area (Å²) in [5, 5.41) is 8.29. The minimum absolute atomic E-state index is 0.691. The second-order valence-corrected chi connectivity index (χ2v) is 2.92. The molecule has 64 valence electrons. The van der Waals surface area contributed by atoms with Crippen molar-refractivity contribution in [1.82, 2.24) is 4.90 Å². The van der Waals surface area contributed by atoms with E-state index in [0.29, 0.717) is 6.42 Å². The van der Waals surface area contributed by atoms with Gasteiger partial charge in [-0.15, -0.1) is 0 Å². The Kier molecular flexibility index (Phi) is 7.18. The topological polar surface area (TPSA) is 27.0 Å². The lowest BCUT2D eigenvalue weighted by Gasteiger charge is -2.14. The van der Waals surface area contributed by atoms with Gasteiger partial charge in [0.25, 0.3) is 0 Å². The number of nitriles is 1. The Morgan fingerprint density at radius 2 is 1.91 bits per heavy atom. The van der Waals surface area contributed by atoms with Gasteiger partial charge in [-0.2, -0.15) is 5.26 Å². The van der Waals surface area contributed by atoms with Crippen molar-refractivity contribution in [3.63, 3.8) is 0 Å². The highest BCUT2D eigenvalue weighted by atomic mass is 15.1. The van der Waals surface area contributed by atoms with Crippen molar-refractivity contribution < 1.29 is 0 Å². The Labute approximate surface area is 69.8 Å². The maximum absolute atomic E-state index is 8.29. The fraction of sp³-hybridized carbons (Fsp3) is 0.889.